The van der Waals surface area contributed by atoms with Crippen LogP contribution < -0.4 is 0 Å². The molecule has 0 aliphatic carbocycles. The summed E-state index contributed by atoms with van der Waals surface area (Å²) in [7, 11) is 0. The number of hydrogen-bond acceptors (Lipinski definition) is 3. The van der Waals surface area contributed by atoms with E-state index >= 15 is 0 Å². The van der Waals surface area contributed by atoms with Crippen molar-refractivity contribution in [3.63, 3.8) is 0 Å². The van der Waals surface area contributed by atoms with Gasteiger partial charge in [0.2, 0.25) is 5.91 Å². The average molecular weight is 525 g/mol. The van der Waals surface area contributed by atoms with Gasteiger partial charge in [-0.3, -0.25) is 9.59 Å². The lowest BCUT2D eigenvalue weighted by molar-refractivity contribution is -0.134. The second-order valence-corrected chi connectivity index (χ2v) is 12.2. The molecule has 196 valence electrons. The van der Waals surface area contributed by atoms with Gasteiger partial charge in [-0.2, -0.15) is 0 Å². The smallest absolute Gasteiger partial charge is 0.254 e. The highest BCUT2D eigenvalue weighted by Crippen LogP contribution is 2.38. The molecule has 0 saturated heterocycles. The van der Waals surface area contributed by atoms with Crippen molar-refractivity contribution in [1.82, 2.24) is 9.80 Å². The normalized spacial score (nSPS) is 15.4. The van der Waals surface area contributed by atoms with E-state index < -0.39 is 0 Å². The minimum Gasteiger partial charge on any atom is -0.330 e. The van der Waals surface area contributed by atoms with Crippen LogP contribution in [0.5, 0.6) is 0 Å². The third kappa shape index (κ3) is 5.25. The van der Waals surface area contributed by atoms with Gasteiger partial charge in [0.05, 0.1) is 6.04 Å². The van der Waals surface area contributed by atoms with Crippen LogP contribution in [0.15, 0.2) is 78.2 Å². The molecule has 0 bridgehead atoms. The first-order chi connectivity index (χ1) is 18.3. The fourth-order valence-electron chi connectivity index (χ4n) is 5.39. The lowest BCUT2D eigenvalue weighted by Crippen LogP contribution is -2.47. The topological polar surface area (TPSA) is 40.6 Å². The largest absolute Gasteiger partial charge is 0.330 e. The fourth-order valence-corrected chi connectivity index (χ4v) is 6.30. The Hall–Kier alpha value is -3.44. The maximum atomic E-state index is 13.9. The Morgan fingerprint density at radius 1 is 0.974 bits per heavy atom. The van der Waals surface area contributed by atoms with Crippen LogP contribution in [0.25, 0.3) is 10.8 Å². The van der Waals surface area contributed by atoms with Crippen molar-refractivity contribution in [3.8, 4) is 0 Å². The first kappa shape index (κ1) is 26.2. The highest BCUT2D eigenvalue weighted by molar-refractivity contribution is 7.10. The second kappa shape index (κ2) is 10.7. The van der Waals surface area contributed by atoms with Crippen LogP contribution in [-0.2, 0) is 16.6 Å². The summed E-state index contributed by atoms with van der Waals surface area (Å²) >= 11 is 1.77. The molecule has 0 fully saturated rings. The highest BCUT2D eigenvalue weighted by Gasteiger charge is 2.34. The van der Waals surface area contributed by atoms with Crippen molar-refractivity contribution < 1.29 is 9.59 Å². The van der Waals surface area contributed by atoms with Crippen LogP contribution in [0, 0.1) is 0 Å². The van der Waals surface area contributed by atoms with E-state index in [0.29, 0.717) is 18.7 Å². The van der Waals surface area contributed by atoms with Gasteiger partial charge in [-0.05, 0) is 69.3 Å². The van der Waals surface area contributed by atoms with Gasteiger partial charge in [-0.25, -0.2) is 0 Å². The summed E-state index contributed by atoms with van der Waals surface area (Å²) in [5, 5.41) is 4.25. The van der Waals surface area contributed by atoms with Gasteiger partial charge in [0.1, 0.15) is 6.54 Å². The lowest BCUT2D eigenvalue weighted by atomic mass is 9.85. The molecule has 2 amide bonds. The number of carbonyl (C=O) groups is 2. The van der Waals surface area contributed by atoms with E-state index in [4.69, 9.17) is 0 Å². The van der Waals surface area contributed by atoms with Crippen molar-refractivity contribution in [2.75, 3.05) is 19.6 Å². The van der Waals surface area contributed by atoms with Crippen LogP contribution in [0.2, 0.25) is 0 Å². The predicted molar refractivity (Wildman–Crippen MR) is 157 cm³/mol. The molecule has 1 aliphatic heterocycles. The molecule has 0 N–H and O–H groups in total. The Kier molecular flexibility index (Phi) is 7.40. The molecule has 0 spiro atoms. The second-order valence-electron chi connectivity index (χ2n) is 11.2. The van der Waals surface area contributed by atoms with E-state index in [1.54, 1.807) is 16.2 Å². The third-order valence-corrected chi connectivity index (χ3v) is 8.48. The number of fused-ring (bicyclic) bond motifs is 2. The standard InChI is InChI=1S/C33H36N2O2S/c1-5-18-34(32(37)26-11-10-23-8-6-7-9-25(23)21-26)22-30(36)35-19-16-29-28(17-20-38-29)31(35)24-12-14-27(15-13-24)33(2,3)4/h6-15,17,20-21,31H,5,16,18-19,22H2,1-4H3/t31-/m0/s1. The predicted octanol–water partition coefficient (Wildman–Crippen LogP) is 7.23. The number of amides is 2. The monoisotopic (exact) mass is 524 g/mol. The zero-order chi connectivity index (χ0) is 26.9. The molecule has 0 saturated carbocycles. The van der Waals surface area contributed by atoms with Gasteiger partial charge in [-0.15, -0.1) is 11.3 Å². The van der Waals surface area contributed by atoms with Gasteiger partial charge in [0.15, 0.2) is 0 Å². The average Bonchev–Trinajstić information content (AvgIpc) is 3.40. The van der Waals surface area contributed by atoms with Crippen molar-refractivity contribution in [3.05, 3.63) is 105 Å². The van der Waals surface area contributed by atoms with Gasteiger partial charge in [0, 0.05) is 23.5 Å². The fraction of sp³-hybridized carbons (Fsp3) is 0.333. The molecule has 0 radical (unpaired) electrons. The minimum absolute atomic E-state index is 0.00524. The summed E-state index contributed by atoms with van der Waals surface area (Å²) in [5.74, 6) is -0.0976. The van der Waals surface area contributed by atoms with Crippen LogP contribution in [0.4, 0.5) is 0 Å². The summed E-state index contributed by atoms with van der Waals surface area (Å²) in [5.41, 5.74) is 4.29. The van der Waals surface area contributed by atoms with Crippen LogP contribution in [0.1, 0.15) is 72.1 Å². The molecule has 4 aromatic rings. The highest BCUT2D eigenvalue weighted by atomic mass is 32.1. The van der Waals surface area contributed by atoms with E-state index in [9.17, 15) is 9.59 Å². The number of nitrogens with zero attached hydrogens (tertiary/aromatic N) is 2. The summed E-state index contributed by atoms with van der Waals surface area (Å²) in [6.07, 6.45) is 1.64. The van der Waals surface area contributed by atoms with Crippen LogP contribution in [-0.4, -0.2) is 41.2 Å². The van der Waals surface area contributed by atoms with Gasteiger partial charge < -0.3 is 9.80 Å². The van der Waals surface area contributed by atoms with Gasteiger partial charge in [0.25, 0.3) is 5.91 Å². The molecule has 1 aliphatic rings. The first-order valence-electron chi connectivity index (χ1n) is 13.5. The van der Waals surface area contributed by atoms with E-state index in [0.717, 1.165) is 29.2 Å². The molecule has 0 unspecified atom stereocenters. The molecule has 38 heavy (non-hydrogen) atoms. The number of benzene rings is 3. The van der Waals surface area contributed by atoms with Crippen molar-refractivity contribution in [2.45, 2.75) is 52.0 Å². The summed E-state index contributed by atoms with van der Waals surface area (Å²) in [6.45, 7) is 9.96. The lowest BCUT2D eigenvalue weighted by Gasteiger charge is -2.38. The molecule has 5 heteroatoms. The maximum absolute atomic E-state index is 13.9. The first-order valence-corrected chi connectivity index (χ1v) is 14.4. The van der Waals surface area contributed by atoms with Gasteiger partial charge >= 0.3 is 0 Å². The Balaban J connectivity index is 1.42. The Labute approximate surface area is 229 Å². The number of carbonyl (C=O) groups excluding carboxylic acids is 2. The summed E-state index contributed by atoms with van der Waals surface area (Å²) in [6, 6.07) is 24.6. The van der Waals surface area contributed by atoms with E-state index in [-0.39, 0.29) is 29.8 Å². The molecule has 1 aromatic heterocycles. The van der Waals surface area contributed by atoms with E-state index in [2.05, 4.69) is 56.5 Å². The molecule has 3 aromatic carbocycles. The quantitative estimate of drug-likeness (QED) is 0.267. The van der Waals surface area contributed by atoms with E-state index in [1.807, 2.05) is 54.3 Å². The molecular formula is C33H36N2O2S. The van der Waals surface area contributed by atoms with Crippen LogP contribution >= 0.6 is 11.3 Å². The number of hydrogen-bond donors (Lipinski definition) is 0. The Morgan fingerprint density at radius 2 is 1.71 bits per heavy atom. The zero-order valence-electron chi connectivity index (χ0n) is 22.7. The Morgan fingerprint density at radius 3 is 2.42 bits per heavy atom. The van der Waals surface area contributed by atoms with E-state index in [1.165, 1.54) is 16.0 Å². The Bertz CT molecular complexity index is 1450. The van der Waals surface area contributed by atoms with Crippen molar-refractivity contribution in [2.24, 2.45) is 0 Å². The van der Waals surface area contributed by atoms with Gasteiger partial charge in [-0.1, -0.05) is 82.3 Å². The minimum atomic E-state index is -0.134. The summed E-state index contributed by atoms with van der Waals surface area (Å²) in [4.78, 5) is 32.5. The number of rotatable bonds is 6. The van der Waals surface area contributed by atoms with Crippen LogP contribution in [0.3, 0.4) is 0 Å². The maximum Gasteiger partial charge on any atom is 0.254 e. The third-order valence-electron chi connectivity index (χ3n) is 7.48. The number of thiophene rings is 1. The van der Waals surface area contributed by atoms with Crippen molar-refractivity contribution >= 4 is 33.9 Å². The molecular weight excluding hydrogens is 488 g/mol. The summed E-state index contributed by atoms with van der Waals surface area (Å²) < 4.78 is 0. The molecule has 2 heterocycles. The zero-order valence-corrected chi connectivity index (χ0v) is 23.6. The molecule has 1 atom stereocenters. The molecule has 4 nitrogen and oxygen atoms in total. The van der Waals surface area contributed by atoms with Crippen molar-refractivity contribution in [1.29, 1.82) is 0 Å². The molecule has 5 rings (SSSR count). The SMILES string of the molecule is CCCN(CC(=O)N1CCc2sccc2[C@@H]1c1ccc(C(C)(C)C)cc1)C(=O)c1ccc2ccccc2c1.